The van der Waals surface area contributed by atoms with Crippen molar-refractivity contribution in [1.82, 2.24) is 0 Å². The molecule has 3 nitrogen and oxygen atoms in total. The van der Waals surface area contributed by atoms with Gasteiger partial charge in [0.25, 0.3) is 0 Å². The highest BCUT2D eigenvalue weighted by Crippen LogP contribution is 2.09. The van der Waals surface area contributed by atoms with Crippen molar-refractivity contribution in [2.75, 3.05) is 0 Å². The molecule has 0 aliphatic heterocycles. The third-order valence-electron chi connectivity index (χ3n) is 1.61. The Hall–Kier alpha value is -0.830. The molecule has 1 unspecified atom stereocenters. The maximum atomic E-state index is 10.6. The van der Waals surface area contributed by atoms with Crippen LogP contribution in [0.25, 0.3) is 0 Å². The lowest BCUT2D eigenvalue weighted by Gasteiger charge is -2.06. The molecule has 0 saturated heterocycles. The van der Waals surface area contributed by atoms with Crippen molar-refractivity contribution < 1.29 is 9.90 Å². The summed E-state index contributed by atoms with van der Waals surface area (Å²) in [5, 5.41) is 8.97. The molecule has 3 N–H and O–H groups in total. The zero-order chi connectivity index (χ0) is 9.02. The fourth-order valence-electron chi connectivity index (χ4n) is 0.807. The summed E-state index contributed by atoms with van der Waals surface area (Å²) in [5.41, 5.74) is 6.44. The van der Waals surface area contributed by atoms with E-state index >= 15 is 0 Å². The smallest absolute Gasteiger partial charge is 0.244 e. The standard InChI is InChI=1S/C8H15NO2/c1-5(4-6(2)10)7(3)8(9)11/h6,10H,4H2,1-3H3,(H2,9,11). The summed E-state index contributed by atoms with van der Waals surface area (Å²) in [6, 6.07) is 0. The predicted molar refractivity (Wildman–Crippen MR) is 43.9 cm³/mol. The number of aliphatic hydroxyl groups excluding tert-OH is 1. The molecular formula is C8H15NO2. The van der Waals surface area contributed by atoms with Crippen molar-refractivity contribution in [3.8, 4) is 0 Å². The lowest BCUT2D eigenvalue weighted by molar-refractivity contribution is -0.114. The normalized spacial score (nSPS) is 15.6. The first-order valence-corrected chi connectivity index (χ1v) is 3.59. The Morgan fingerprint density at radius 3 is 2.27 bits per heavy atom. The number of hydrogen-bond donors (Lipinski definition) is 2. The van der Waals surface area contributed by atoms with Gasteiger partial charge in [-0.05, 0) is 27.2 Å². The molecule has 64 valence electrons. The van der Waals surface area contributed by atoms with E-state index in [4.69, 9.17) is 10.8 Å². The van der Waals surface area contributed by atoms with Gasteiger partial charge in [0.1, 0.15) is 0 Å². The van der Waals surface area contributed by atoms with Crippen LogP contribution in [0.4, 0.5) is 0 Å². The third-order valence-corrected chi connectivity index (χ3v) is 1.61. The van der Waals surface area contributed by atoms with Gasteiger partial charge in [0.2, 0.25) is 5.91 Å². The average Bonchev–Trinajstić information content (AvgIpc) is 1.84. The van der Waals surface area contributed by atoms with Crippen LogP contribution in [-0.4, -0.2) is 17.1 Å². The van der Waals surface area contributed by atoms with E-state index in [0.29, 0.717) is 12.0 Å². The molecule has 0 heterocycles. The number of amides is 1. The summed E-state index contributed by atoms with van der Waals surface area (Å²) in [7, 11) is 0. The summed E-state index contributed by atoms with van der Waals surface area (Å²) in [6.45, 7) is 5.14. The van der Waals surface area contributed by atoms with Crippen LogP contribution in [0, 0.1) is 0 Å². The highest BCUT2D eigenvalue weighted by Gasteiger charge is 2.04. The molecule has 0 saturated carbocycles. The van der Waals surface area contributed by atoms with Crippen LogP contribution in [0.3, 0.4) is 0 Å². The van der Waals surface area contributed by atoms with E-state index in [2.05, 4.69) is 0 Å². The van der Waals surface area contributed by atoms with Gasteiger partial charge in [-0.25, -0.2) is 0 Å². The molecule has 11 heavy (non-hydrogen) atoms. The zero-order valence-corrected chi connectivity index (χ0v) is 7.22. The van der Waals surface area contributed by atoms with Crippen LogP contribution in [0.2, 0.25) is 0 Å². The Balaban J connectivity index is 4.28. The van der Waals surface area contributed by atoms with Crippen molar-refractivity contribution in [3.05, 3.63) is 11.1 Å². The first-order chi connectivity index (χ1) is 4.95. The van der Waals surface area contributed by atoms with Gasteiger partial charge < -0.3 is 10.8 Å². The number of aliphatic hydroxyl groups is 1. The van der Waals surface area contributed by atoms with Gasteiger partial charge in [-0.1, -0.05) is 5.57 Å². The highest BCUT2D eigenvalue weighted by atomic mass is 16.3. The molecule has 0 aliphatic carbocycles. The van der Waals surface area contributed by atoms with Gasteiger partial charge in [0.05, 0.1) is 6.10 Å². The molecule has 0 fully saturated rings. The molecule has 0 bridgehead atoms. The second-order valence-electron chi connectivity index (χ2n) is 2.82. The second-order valence-corrected chi connectivity index (χ2v) is 2.82. The summed E-state index contributed by atoms with van der Waals surface area (Å²) in [4.78, 5) is 10.6. The van der Waals surface area contributed by atoms with Crippen molar-refractivity contribution in [3.63, 3.8) is 0 Å². The Morgan fingerprint density at radius 1 is 1.55 bits per heavy atom. The molecule has 0 spiro atoms. The molecule has 0 aromatic heterocycles. The predicted octanol–water partition coefficient (Wildman–Crippen LogP) is 0.579. The van der Waals surface area contributed by atoms with E-state index < -0.39 is 12.0 Å². The Morgan fingerprint density at radius 2 is 2.00 bits per heavy atom. The summed E-state index contributed by atoms with van der Waals surface area (Å²) < 4.78 is 0. The summed E-state index contributed by atoms with van der Waals surface area (Å²) in [5.74, 6) is -0.414. The van der Waals surface area contributed by atoms with Gasteiger partial charge in [-0.2, -0.15) is 0 Å². The first kappa shape index (κ1) is 10.2. The molecule has 1 amide bonds. The van der Waals surface area contributed by atoms with Gasteiger partial charge in [0, 0.05) is 5.57 Å². The molecule has 0 aromatic carbocycles. The SMILES string of the molecule is CC(CC(C)O)=C(C)C(N)=O. The van der Waals surface area contributed by atoms with Crippen molar-refractivity contribution in [1.29, 1.82) is 0 Å². The van der Waals surface area contributed by atoms with Gasteiger partial charge >= 0.3 is 0 Å². The Bertz CT molecular complexity index is 183. The molecule has 3 heteroatoms. The lowest BCUT2D eigenvalue weighted by Crippen LogP contribution is -2.14. The molecule has 1 atom stereocenters. The van der Waals surface area contributed by atoms with Gasteiger partial charge in [0.15, 0.2) is 0 Å². The minimum atomic E-state index is -0.414. The van der Waals surface area contributed by atoms with Crippen LogP contribution < -0.4 is 5.73 Å². The number of carbonyl (C=O) groups excluding carboxylic acids is 1. The molecule has 0 rings (SSSR count). The first-order valence-electron chi connectivity index (χ1n) is 3.59. The van der Waals surface area contributed by atoms with E-state index in [9.17, 15) is 4.79 Å². The fourth-order valence-corrected chi connectivity index (χ4v) is 0.807. The average molecular weight is 157 g/mol. The van der Waals surface area contributed by atoms with Crippen molar-refractivity contribution >= 4 is 5.91 Å². The number of carbonyl (C=O) groups is 1. The third kappa shape index (κ3) is 3.78. The maximum Gasteiger partial charge on any atom is 0.244 e. The second kappa shape index (κ2) is 4.13. The molecule has 0 aliphatic rings. The van der Waals surface area contributed by atoms with Crippen molar-refractivity contribution in [2.45, 2.75) is 33.3 Å². The zero-order valence-electron chi connectivity index (χ0n) is 7.22. The highest BCUT2D eigenvalue weighted by molar-refractivity contribution is 5.91. The Labute approximate surface area is 66.9 Å². The van der Waals surface area contributed by atoms with Crippen LogP contribution in [0.15, 0.2) is 11.1 Å². The van der Waals surface area contributed by atoms with Gasteiger partial charge in [-0.15, -0.1) is 0 Å². The monoisotopic (exact) mass is 157 g/mol. The van der Waals surface area contributed by atoms with Crippen LogP contribution >= 0.6 is 0 Å². The topological polar surface area (TPSA) is 63.3 Å². The largest absolute Gasteiger partial charge is 0.393 e. The lowest BCUT2D eigenvalue weighted by atomic mass is 10.1. The summed E-state index contributed by atoms with van der Waals surface area (Å²) in [6.07, 6.45) is 0.0960. The number of nitrogens with two attached hydrogens (primary N) is 1. The molecule has 0 radical (unpaired) electrons. The maximum absolute atomic E-state index is 10.6. The van der Waals surface area contributed by atoms with E-state index in [-0.39, 0.29) is 0 Å². The van der Waals surface area contributed by atoms with Crippen LogP contribution in [-0.2, 0) is 4.79 Å². The van der Waals surface area contributed by atoms with Crippen LogP contribution in [0.1, 0.15) is 27.2 Å². The quantitative estimate of drug-likeness (QED) is 0.588. The van der Waals surface area contributed by atoms with Crippen LogP contribution in [0.5, 0.6) is 0 Å². The fraction of sp³-hybridized carbons (Fsp3) is 0.625. The van der Waals surface area contributed by atoms with Gasteiger partial charge in [-0.3, -0.25) is 4.79 Å². The van der Waals surface area contributed by atoms with Crippen molar-refractivity contribution in [2.24, 2.45) is 5.73 Å². The molecule has 0 aromatic rings. The minimum Gasteiger partial charge on any atom is -0.393 e. The van der Waals surface area contributed by atoms with E-state index in [1.165, 1.54) is 0 Å². The van der Waals surface area contributed by atoms with E-state index in [1.54, 1.807) is 20.8 Å². The minimum absolute atomic E-state index is 0.413. The van der Waals surface area contributed by atoms with E-state index in [0.717, 1.165) is 5.57 Å². The van der Waals surface area contributed by atoms with E-state index in [1.807, 2.05) is 0 Å². The Kier molecular flexibility index (Phi) is 3.82. The number of primary amides is 1. The molecular weight excluding hydrogens is 142 g/mol. The number of rotatable bonds is 3. The number of hydrogen-bond acceptors (Lipinski definition) is 2. The summed E-state index contributed by atoms with van der Waals surface area (Å²) >= 11 is 0.